The van der Waals surface area contributed by atoms with Crippen molar-refractivity contribution < 1.29 is 0 Å². The van der Waals surface area contributed by atoms with Crippen LogP contribution < -0.4 is 10.5 Å². The molecule has 0 unspecified atom stereocenters. The van der Waals surface area contributed by atoms with Crippen LogP contribution in [0.25, 0.3) is 0 Å². The van der Waals surface area contributed by atoms with Gasteiger partial charge in [-0.3, -0.25) is 4.79 Å². The fourth-order valence-corrected chi connectivity index (χ4v) is 4.76. The minimum Gasteiger partial charge on any atom is -0.356 e. The second-order valence-electron chi connectivity index (χ2n) is 8.29. The molecule has 0 radical (unpaired) electrons. The highest BCUT2D eigenvalue weighted by atomic mass is 16.1. The Morgan fingerprint density at radius 3 is 2.81 bits per heavy atom. The molecule has 2 bridgehead atoms. The van der Waals surface area contributed by atoms with E-state index in [1.165, 1.54) is 0 Å². The summed E-state index contributed by atoms with van der Waals surface area (Å²) in [4.78, 5) is 19.5. The third-order valence-corrected chi connectivity index (χ3v) is 6.01. The van der Waals surface area contributed by atoms with E-state index in [-0.39, 0.29) is 11.6 Å². The standard InChI is InChI=1S/C22H26N4O/c1-15(2)9-10-20-17-11-16(19-6-4-8-22(27)26(19)20)13-25(14-17)21-7-3-5-18(12-23)24-21/h3-8,15-17,20H,9-11,13-14H2,1-2H3/t16-,17+,20+/m1/s1. The number of nitrogens with zero attached hydrogens (tertiary/aromatic N) is 4. The normalized spacial score (nSPS) is 23.8. The van der Waals surface area contributed by atoms with Crippen molar-refractivity contribution in [2.75, 3.05) is 18.0 Å². The maximum Gasteiger partial charge on any atom is 0.250 e. The Kier molecular flexibility index (Phi) is 4.73. The number of rotatable bonds is 4. The van der Waals surface area contributed by atoms with Crippen LogP contribution in [0.15, 0.2) is 41.2 Å². The van der Waals surface area contributed by atoms with Gasteiger partial charge in [0.1, 0.15) is 17.6 Å². The highest BCUT2D eigenvalue weighted by Gasteiger charge is 2.40. The minimum atomic E-state index is 0.133. The summed E-state index contributed by atoms with van der Waals surface area (Å²) in [6, 6.07) is 13.7. The molecule has 0 aromatic carbocycles. The van der Waals surface area contributed by atoms with E-state index in [1.54, 1.807) is 12.1 Å². The molecule has 140 valence electrons. The average Bonchev–Trinajstić information content (AvgIpc) is 2.68. The van der Waals surface area contributed by atoms with Gasteiger partial charge in [0.05, 0.1) is 0 Å². The van der Waals surface area contributed by atoms with Gasteiger partial charge in [0.15, 0.2) is 0 Å². The van der Waals surface area contributed by atoms with Gasteiger partial charge in [0.2, 0.25) is 0 Å². The molecule has 3 atom stereocenters. The van der Waals surface area contributed by atoms with Crippen molar-refractivity contribution in [2.45, 2.75) is 45.1 Å². The monoisotopic (exact) mass is 362 g/mol. The molecule has 2 aliphatic rings. The molecule has 0 spiro atoms. The van der Waals surface area contributed by atoms with Gasteiger partial charge in [-0.25, -0.2) is 4.98 Å². The van der Waals surface area contributed by atoms with Gasteiger partial charge in [-0.1, -0.05) is 26.0 Å². The van der Waals surface area contributed by atoms with Gasteiger partial charge in [0.25, 0.3) is 5.56 Å². The Morgan fingerprint density at radius 1 is 1.22 bits per heavy atom. The van der Waals surface area contributed by atoms with Crippen LogP contribution in [0.1, 0.15) is 56.5 Å². The van der Waals surface area contributed by atoms with E-state index in [2.05, 4.69) is 40.4 Å². The molecule has 0 aliphatic carbocycles. The lowest BCUT2D eigenvalue weighted by Gasteiger charge is -2.47. The molecule has 4 heterocycles. The number of anilines is 1. The Balaban J connectivity index is 1.70. The molecule has 4 rings (SSSR count). The van der Waals surface area contributed by atoms with Crippen LogP contribution in [0.3, 0.4) is 0 Å². The zero-order valence-electron chi connectivity index (χ0n) is 16.0. The molecule has 0 amide bonds. The molecular weight excluding hydrogens is 336 g/mol. The van der Waals surface area contributed by atoms with Crippen LogP contribution >= 0.6 is 0 Å². The SMILES string of the molecule is CC(C)CC[C@H]1[C@H]2C[C@H](CN(c3cccc(C#N)n3)C2)c2cccc(=O)n21. The van der Waals surface area contributed by atoms with Crippen LogP contribution in [-0.2, 0) is 0 Å². The van der Waals surface area contributed by atoms with Gasteiger partial charge < -0.3 is 9.47 Å². The zero-order chi connectivity index (χ0) is 19.0. The predicted octanol–water partition coefficient (Wildman–Crippen LogP) is 3.72. The largest absolute Gasteiger partial charge is 0.356 e. The molecule has 0 N–H and O–H groups in total. The molecule has 27 heavy (non-hydrogen) atoms. The van der Waals surface area contributed by atoms with Crippen LogP contribution in [0.4, 0.5) is 5.82 Å². The van der Waals surface area contributed by atoms with Crippen LogP contribution in [-0.4, -0.2) is 22.6 Å². The summed E-state index contributed by atoms with van der Waals surface area (Å²) in [5.41, 5.74) is 1.75. The molecule has 2 aromatic rings. The number of fused-ring (bicyclic) bond motifs is 4. The molecule has 2 aromatic heterocycles. The summed E-state index contributed by atoms with van der Waals surface area (Å²) in [6.45, 7) is 6.22. The van der Waals surface area contributed by atoms with Crippen LogP contribution in [0, 0.1) is 23.2 Å². The van der Waals surface area contributed by atoms with Crippen molar-refractivity contribution in [3.05, 3.63) is 58.1 Å². The van der Waals surface area contributed by atoms with Crippen molar-refractivity contribution >= 4 is 5.82 Å². The van der Waals surface area contributed by atoms with Crippen molar-refractivity contribution in [1.29, 1.82) is 5.26 Å². The summed E-state index contributed by atoms with van der Waals surface area (Å²) >= 11 is 0. The lowest BCUT2D eigenvalue weighted by Crippen LogP contribution is -2.49. The Morgan fingerprint density at radius 2 is 2.04 bits per heavy atom. The van der Waals surface area contributed by atoms with E-state index in [0.29, 0.717) is 23.4 Å². The number of hydrogen-bond donors (Lipinski definition) is 0. The molecule has 5 heteroatoms. The summed E-state index contributed by atoms with van der Waals surface area (Å²) in [5, 5.41) is 9.18. The Hall–Kier alpha value is -2.61. The molecule has 0 saturated carbocycles. The van der Waals surface area contributed by atoms with Gasteiger partial charge in [-0.15, -0.1) is 0 Å². The summed E-state index contributed by atoms with van der Waals surface area (Å²) in [5.74, 6) is 2.26. The maximum atomic E-state index is 12.7. The van der Waals surface area contributed by atoms with Crippen molar-refractivity contribution in [3.63, 3.8) is 0 Å². The van der Waals surface area contributed by atoms with Crippen molar-refractivity contribution in [1.82, 2.24) is 9.55 Å². The van der Waals surface area contributed by atoms with Gasteiger partial charge >= 0.3 is 0 Å². The van der Waals surface area contributed by atoms with Crippen LogP contribution in [0.2, 0.25) is 0 Å². The summed E-state index contributed by atoms with van der Waals surface area (Å²) in [7, 11) is 0. The fraction of sp³-hybridized carbons (Fsp3) is 0.500. The predicted molar refractivity (Wildman–Crippen MR) is 106 cm³/mol. The van der Waals surface area contributed by atoms with Gasteiger partial charge in [-0.05, 0) is 49.3 Å². The topological polar surface area (TPSA) is 61.9 Å². The first-order valence-electron chi connectivity index (χ1n) is 9.90. The summed E-state index contributed by atoms with van der Waals surface area (Å²) in [6.07, 6.45) is 3.28. The van der Waals surface area contributed by atoms with E-state index in [1.807, 2.05) is 18.2 Å². The van der Waals surface area contributed by atoms with Gasteiger partial charge in [0, 0.05) is 36.8 Å². The van der Waals surface area contributed by atoms with Gasteiger partial charge in [-0.2, -0.15) is 5.26 Å². The second kappa shape index (κ2) is 7.19. The quantitative estimate of drug-likeness (QED) is 0.832. The van der Waals surface area contributed by atoms with E-state index >= 15 is 0 Å². The third-order valence-electron chi connectivity index (χ3n) is 6.01. The first kappa shape index (κ1) is 17.8. The van der Waals surface area contributed by atoms with E-state index in [4.69, 9.17) is 0 Å². The van der Waals surface area contributed by atoms with E-state index in [0.717, 1.165) is 43.9 Å². The Labute approximate surface area is 160 Å². The number of aromatic nitrogens is 2. The lowest BCUT2D eigenvalue weighted by atomic mass is 9.76. The Bertz CT molecular complexity index is 926. The van der Waals surface area contributed by atoms with E-state index < -0.39 is 0 Å². The fourth-order valence-electron chi connectivity index (χ4n) is 4.76. The number of hydrogen-bond acceptors (Lipinski definition) is 4. The molecule has 1 saturated heterocycles. The number of pyridine rings is 2. The average molecular weight is 362 g/mol. The lowest BCUT2D eigenvalue weighted by molar-refractivity contribution is 0.195. The smallest absolute Gasteiger partial charge is 0.250 e. The van der Waals surface area contributed by atoms with Crippen LogP contribution in [0.5, 0.6) is 0 Å². The third kappa shape index (κ3) is 3.37. The highest BCUT2D eigenvalue weighted by molar-refractivity contribution is 5.43. The second-order valence-corrected chi connectivity index (χ2v) is 8.29. The van der Waals surface area contributed by atoms with Crippen molar-refractivity contribution in [2.24, 2.45) is 11.8 Å². The molecule has 1 fully saturated rings. The highest BCUT2D eigenvalue weighted by Crippen LogP contribution is 2.43. The molecule has 2 aliphatic heterocycles. The molecular formula is C22H26N4O. The summed E-state index contributed by atoms with van der Waals surface area (Å²) < 4.78 is 2.08. The zero-order valence-corrected chi connectivity index (χ0v) is 16.0. The van der Waals surface area contributed by atoms with Crippen molar-refractivity contribution in [3.8, 4) is 6.07 Å². The maximum absolute atomic E-state index is 12.7. The number of nitriles is 1. The number of piperidine rings is 1. The first-order chi connectivity index (χ1) is 13.1. The van der Waals surface area contributed by atoms with E-state index in [9.17, 15) is 10.1 Å². The molecule has 5 nitrogen and oxygen atoms in total. The first-order valence-corrected chi connectivity index (χ1v) is 9.90. The minimum absolute atomic E-state index is 0.133.